The first-order valence-electron chi connectivity index (χ1n) is 6.84. The molecule has 0 bridgehead atoms. The first kappa shape index (κ1) is 15.0. The summed E-state index contributed by atoms with van der Waals surface area (Å²) >= 11 is 0. The lowest BCUT2D eigenvalue weighted by Gasteiger charge is -2.35. The Morgan fingerprint density at radius 3 is 2.72 bits per heavy atom. The molecule has 5 heteroatoms. The minimum Gasteiger partial charge on any atom is -0.464 e. The molecule has 18 heavy (non-hydrogen) atoms. The molecule has 1 fully saturated rings. The molecule has 0 aromatic carbocycles. The minimum atomic E-state index is -0.495. The van der Waals surface area contributed by atoms with Crippen LogP contribution in [-0.2, 0) is 14.3 Å². The van der Waals surface area contributed by atoms with Crippen molar-refractivity contribution in [1.82, 2.24) is 4.90 Å². The lowest BCUT2D eigenvalue weighted by molar-refractivity contribution is -0.157. The van der Waals surface area contributed by atoms with Crippen LogP contribution in [0.25, 0.3) is 0 Å². The number of piperidine rings is 1. The fourth-order valence-corrected chi connectivity index (χ4v) is 2.33. The summed E-state index contributed by atoms with van der Waals surface area (Å²) in [6, 6.07) is -0.931. The van der Waals surface area contributed by atoms with E-state index in [1.165, 1.54) is 0 Å². The number of esters is 1. The van der Waals surface area contributed by atoms with E-state index in [1.54, 1.807) is 11.8 Å². The Morgan fingerprint density at radius 1 is 1.39 bits per heavy atom. The Bertz CT molecular complexity index is 294. The predicted molar refractivity (Wildman–Crippen MR) is 68.9 cm³/mol. The summed E-state index contributed by atoms with van der Waals surface area (Å²) in [6.07, 6.45) is 4.09. The fourth-order valence-electron chi connectivity index (χ4n) is 2.33. The fraction of sp³-hybridized carbons (Fsp3) is 0.846. The second kappa shape index (κ2) is 7.36. The van der Waals surface area contributed by atoms with Gasteiger partial charge in [-0.2, -0.15) is 0 Å². The highest BCUT2D eigenvalue weighted by atomic mass is 16.5. The largest absolute Gasteiger partial charge is 0.464 e. The Morgan fingerprint density at radius 2 is 2.11 bits per heavy atom. The first-order valence-corrected chi connectivity index (χ1v) is 6.84. The van der Waals surface area contributed by atoms with Gasteiger partial charge in [0.25, 0.3) is 0 Å². The molecule has 5 nitrogen and oxygen atoms in total. The summed E-state index contributed by atoms with van der Waals surface area (Å²) in [5.74, 6) is -0.413. The molecule has 0 saturated carbocycles. The second-order valence-corrected chi connectivity index (χ2v) is 4.69. The van der Waals surface area contributed by atoms with Gasteiger partial charge in [-0.25, -0.2) is 4.79 Å². The molecule has 1 aliphatic heterocycles. The molecule has 2 N–H and O–H groups in total. The molecule has 2 unspecified atom stereocenters. The zero-order valence-electron chi connectivity index (χ0n) is 11.4. The standard InChI is InChI=1S/C13H24N2O3/c1-3-7-10(14)12(16)15-9-6-5-8-11(15)13(17)18-4-2/h10-11H,3-9,14H2,1-2H3. The zero-order valence-corrected chi connectivity index (χ0v) is 11.4. The van der Waals surface area contributed by atoms with Crippen LogP contribution in [0.5, 0.6) is 0 Å². The van der Waals surface area contributed by atoms with Crippen LogP contribution >= 0.6 is 0 Å². The van der Waals surface area contributed by atoms with E-state index in [0.29, 0.717) is 26.0 Å². The molecule has 0 aliphatic carbocycles. The molecule has 2 atom stereocenters. The normalized spacial score (nSPS) is 21.5. The molecule has 0 spiro atoms. The molecule has 1 heterocycles. The van der Waals surface area contributed by atoms with Crippen molar-refractivity contribution in [1.29, 1.82) is 0 Å². The number of hydrogen-bond donors (Lipinski definition) is 1. The van der Waals surface area contributed by atoms with Crippen molar-refractivity contribution in [3.63, 3.8) is 0 Å². The van der Waals surface area contributed by atoms with E-state index in [9.17, 15) is 9.59 Å². The van der Waals surface area contributed by atoms with E-state index < -0.39 is 12.1 Å². The van der Waals surface area contributed by atoms with Gasteiger partial charge in [-0.05, 0) is 32.6 Å². The molecule has 0 aromatic heterocycles. The molecule has 1 rings (SSSR count). The van der Waals surface area contributed by atoms with Gasteiger partial charge in [0.05, 0.1) is 12.6 Å². The second-order valence-electron chi connectivity index (χ2n) is 4.69. The van der Waals surface area contributed by atoms with Crippen molar-refractivity contribution in [2.24, 2.45) is 5.73 Å². The number of nitrogens with zero attached hydrogens (tertiary/aromatic N) is 1. The number of carbonyl (C=O) groups is 2. The lowest BCUT2D eigenvalue weighted by Crippen LogP contribution is -2.53. The van der Waals surface area contributed by atoms with Crippen molar-refractivity contribution >= 4 is 11.9 Å². The van der Waals surface area contributed by atoms with Gasteiger partial charge in [-0.15, -0.1) is 0 Å². The molecule has 1 saturated heterocycles. The summed E-state index contributed by atoms with van der Waals surface area (Å²) < 4.78 is 5.03. The average Bonchev–Trinajstić information content (AvgIpc) is 2.38. The molecular weight excluding hydrogens is 232 g/mol. The van der Waals surface area contributed by atoms with Gasteiger partial charge in [0.15, 0.2) is 0 Å². The minimum absolute atomic E-state index is 0.116. The Labute approximate surface area is 109 Å². The van der Waals surface area contributed by atoms with Gasteiger partial charge >= 0.3 is 5.97 Å². The summed E-state index contributed by atoms with van der Waals surface area (Å²) in [5, 5.41) is 0. The highest BCUT2D eigenvalue weighted by Gasteiger charge is 2.34. The maximum absolute atomic E-state index is 12.2. The van der Waals surface area contributed by atoms with Gasteiger partial charge < -0.3 is 15.4 Å². The van der Waals surface area contributed by atoms with Crippen molar-refractivity contribution in [2.45, 2.75) is 58.0 Å². The van der Waals surface area contributed by atoms with Crippen molar-refractivity contribution in [3.8, 4) is 0 Å². The molecule has 1 amide bonds. The maximum atomic E-state index is 12.2. The number of ether oxygens (including phenoxy) is 1. The topological polar surface area (TPSA) is 72.6 Å². The van der Waals surface area contributed by atoms with Crippen LogP contribution in [0.1, 0.15) is 46.0 Å². The molecule has 104 valence electrons. The van der Waals surface area contributed by atoms with Crippen LogP contribution in [0.3, 0.4) is 0 Å². The average molecular weight is 256 g/mol. The van der Waals surface area contributed by atoms with Crippen molar-refractivity contribution in [2.75, 3.05) is 13.2 Å². The molecule has 0 radical (unpaired) electrons. The van der Waals surface area contributed by atoms with Crippen LogP contribution in [-0.4, -0.2) is 42.0 Å². The summed E-state index contributed by atoms with van der Waals surface area (Å²) in [7, 11) is 0. The van der Waals surface area contributed by atoms with Crippen molar-refractivity contribution < 1.29 is 14.3 Å². The molecule has 0 aromatic rings. The number of rotatable bonds is 5. The third-order valence-electron chi connectivity index (χ3n) is 3.26. The van der Waals surface area contributed by atoms with E-state index in [-0.39, 0.29) is 11.9 Å². The number of hydrogen-bond acceptors (Lipinski definition) is 4. The zero-order chi connectivity index (χ0) is 13.5. The lowest BCUT2D eigenvalue weighted by atomic mass is 10.00. The van der Waals surface area contributed by atoms with E-state index >= 15 is 0 Å². The van der Waals surface area contributed by atoms with E-state index in [0.717, 1.165) is 19.3 Å². The van der Waals surface area contributed by atoms with E-state index in [4.69, 9.17) is 10.5 Å². The van der Waals surface area contributed by atoms with Crippen LogP contribution in [0.2, 0.25) is 0 Å². The summed E-state index contributed by atoms with van der Waals surface area (Å²) in [5.41, 5.74) is 5.85. The van der Waals surface area contributed by atoms with Gasteiger partial charge in [0.2, 0.25) is 5.91 Å². The predicted octanol–water partition coefficient (Wildman–Crippen LogP) is 1.06. The molecular formula is C13H24N2O3. The van der Waals surface area contributed by atoms with Gasteiger partial charge in [-0.3, -0.25) is 4.79 Å². The Balaban J connectivity index is 2.69. The van der Waals surface area contributed by atoms with Crippen LogP contribution in [0, 0.1) is 0 Å². The third-order valence-corrected chi connectivity index (χ3v) is 3.26. The van der Waals surface area contributed by atoms with Crippen LogP contribution in [0.4, 0.5) is 0 Å². The quantitative estimate of drug-likeness (QED) is 0.746. The maximum Gasteiger partial charge on any atom is 0.328 e. The van der Waals surface area contributed by atoms with Crippen LogP contribution in [0.15, 0.2) is 0 Å². The number of likely N-dealkylation sites (tertiary alicyclic amines) is 1. The smallest absolute Gasteiger partial charge is 0.328 e. The third kappa shape index (κ3) is 3.70. The number of nitrogens with two attached hydrogens (primary N) is 1. The van der Waals surface area contributed by atoms with Gasteiger partial charge in [0.1, 0.15) is 6.04 Å². The van der Waals surface area contributed by atoms with Crippen LogP contribution < -0.4 is 5.73 Å². The SMILES string of the molecule is CCCC(N)C(=O)N1CCCCC1C(=O)OCC. The Kier molecular flexibility index (Phi) is 6.12. The summed E-state index contributed by atoms with van der Waals surface area (Å²) in [4.78, 5) is 25.6. The monoisotopic (exact) mass is 256 g/mol. The number of amides is 1. The Hall–Kier alpha value is -1.10. The van der Waals surface area contributed by atoms with E-state index in [2.05, 4.69) is 0 Å². The van der Waals surface area contributed by atoms with E-state index in [1.807, 2.05) is 6.92 Å². The molecule has 1 aliphatic rings. The van der Waals surface area contributed by atoms with Gasteiger partial charge in [0, 0.05) is 6.54 Å². The summed E-state index contributed by atoms with van der Waals surface area (Å²) in [6.45, 7) is 4.72. The first-order chi connectivity index (χ1) is 8.61. The number of carbonyl (C=O) groups excluding carboxylic acids is 2. The van der Waals surface area contributed by atoms with Crippen molar-refractivity contribution in [3.05, 3.63) is 0 Å². The van der Waals surface area contributed by atoms with Gasteiger partial charge in [-0.1, -0.05) is 13.3 Å². The highest BCUT2D eigenvalue weighted by Crippen LogP contribution is 2.19. The highest BCUT2D eigenvalue weighted by molar-refractivity contribution is 5.87.